The van der Waals surface area contributed by atoms with Gasteiger partial charge in [0.1, 0.15) is 59.4 Å². The van der Waals surface area contributed by atoms with Crippen molar-refractivity contribution in [2.24, 2.45) is 34.3 Å². The van der Waals surface area contributed by atoms with Gasteiger partial charge in [-0.25, -0.2) is 14.4 Å². The number of aliphatic hydroxyl groups is 4. The van der Waals surface area contributed by atoms with E-state index in [1.165, 1.54) is 61.3 Å². The van der Waals surface area contributed by atoms with Crippen molar-refractivity contribution in [1.29, 1.82) is 0 Å². The van der Waals surface area contributed by atoms with Crippen molar-refractivity contribution >= 4 is 126 Å². The fourth-order valence-corrected chi connectivity index (χ4v) is 24.3. The first-order chi connectivity index (χ1) is 66.3. The molecule has 754 valence electrons. The number of nitrogens with zero attached hydrogens (tertiary/aromatic N) is 1. The molecule has 4 aliphatic carbocycles. The molecule has 4 fully saturated rings. The van der Waals surface area contributed by atoms with Crippen molar-refractivity contribution in [3.05, 3.63) is 196 Å². The number of esters is 3. The van der Waals surface area contributed by atoms with Crippen LogP contribution in [0, 0.1) is 28.6 Å². The zero-order chi connectivity index (χ0) is 101. The van der Waals surface area contributed by atoms with Gasteiger partial charge in [0.15, 0.2) is 11.4 Å². The summed E-state index contributed by atoms with van der Waals surface area (Å²) in [6, 6.07) is 33.9. The molecule has 0 radical (unpaired) electrons. The average molecular weight is 2000 g/mol. The number of ketones is 2. The molecular formula is C103H135N9O23S4. The van der Waals surface area contributed by atoms with Crippen molar-refractivity contribution in [3.8, 4) is 0 Å². The van der Waals surface area contributed by atoms with Gasteiger partial charge in [-0.15, -0.1) is 0 Å². The van der Waals surface area contributed by atoms with E-state index in [0.29, 0.717) is 65.5 Å². The van der Waals surface area contributed by atoms with Gasteiger partial charge in [-0.1, -0.05) is 224 Å². The second-order valence-electron chi connectivity index (χ2n) is 38.0. The molecule has 2 aliphatic heterocycles. The Morgan fingerprint density at radius 2 is 1.38 bits per heavy atom. The molecule has 2 saturated carbocycles. The lowest BCUT2D eigenvalue weighted by Gasteiger charge is -2.68. The van der Waals surface area contributed by atoms with E-state index in [1.54, 1.807) is 163 Å². The van der Waals surface area contributed by atoms with Crippen LogP contribution in [0.4, 0.5) is 4.79 Å². The molecule has 5 aromatic carbocycles. The summed E-state index contributed by atoms with van der Waals surface area (Å²) in [6.45, 7) is 17.0. The number of amides is 8. The second kappa shape index (κ2) is 49.6. The van der Waals surface area contributed by atoms with E-state index in [0.717, 1.165) is 32.7 Å². The van der Waals surface area contributed by atoms with Crippen LogP contribution in [-0.2, 0) is 100 Å². The highest BCUT2D eigenvalue weighted by molar-refractivity contribution is 8.77. The third-order valence-electron chi connectivity index (χ3n) is 28.3. The maximum absolute atomic E-state index is 16.0. The van der Waals surface area contributed by atoms with Gasteiger partial charge in [0, 0.05) is 112 Å². The smallest absolute Gasteiger partial charge is 0.410 e. The van der Waals surface area contributed by atoms with Crippen LogP contribution in [0.25, 0.3) is 5.57 Å². The largest absolute Gasteiger partial charge is 0.455 e. The van der Waals surface area contributed by atoms with E-state index in [9.17, 15) is 49.2 Å². The molecule has 2 saturated heterocycles. The van der Waals surface area contributed by atoms with Crippen molar-refractivity contribution in [2.75, 3.05) is 63.0 Å². The Kier molecular flexibility index (Phi) is 39.1. The van der Waals surface area contributed by atoms with Crippen molar-refractivity contribution in [2.45, 2.75) is 261 Å². The number of Topliss-reactive ketones (excluding diaryl/α,β-unsaturated/α-hetero) is 2. The third kappa shape index (κ3) is 26.1. The Morgan fingerprint density at radius 3 is 2.01 bits per heavy atom. The number of aliphatic hydroxyl groups excluding tert-OH is 3. The number of rotatable bonds is 37. The number of hydrogen-bond donors (Lipinski definition) is 12. The minimum Gasteiger partial charge on any atom is -0.455 e. The van der Waals surface area contributed by atoms with Crippen molar-refractivity contribution in [3.63, 3.8) is 0 Å². The summed E-state index contributed by atoms with van der Waals surface area (Å²) in [5, 5.41) is 66.0. The van der Waals surface area contributed by atoms with Crippen LogP contribution < -0.4 is 43.0 Å². The van der Waals surface area contributed by atoms with Gasteiger partial charge in [-0.2, -0.15) is 0 Å². The Morgan fingerprint density at radius 1 is 0.741 bits per heavy atom. The molecule has 139 heavy (non-hydrogen) atoms. The number of fused-ring (bicyclic) bond motifs is 6. The molecule has 21 atom stereocenters. The number of ether oxygens (including phenoxy) is 6. The van der Waals surface area contributed by atoms with Crippen LogP contribution in [0.15, 0.2) is 163 Å². The highest BCUT2D eigenvalue weighted by Gasteiger charge is 2.78. The number of carbonyl (C=O) groups excluding carboxylic acids is 13. The first-order valence-electron chi connectivity index (χ1n) is 47.8. The van der Waals surface area contributed by atoms with E-state index in [2.05, 4.69) is 37.2 Å². The van der Waals surface area contributed by atoms with E-state index in [4.69, 9.17) is 34.2 Å². The van der Waals surface area contributed by atoms with Gasteiger partial charge in [-0.05, 0) is 136 Å². The number of benzene rings is 5. The lowest BCUT2D eigenvalue weighted by atomic mass is 9.43. The summed E-state index contributed by atoms with van der Waals surface area (Å²) in [7, 11) is 6.10. The molecule has 2 unspecified atom stereocenters. The van der Waals surface area contributed by atoms with Gasteiger partial charge < -0.3 is 96.7 Å². The fraction of sp³-hybridized carbons (Fsp3) is 0.544. The van der Waals surface area contributed by atoms with Crippen LogP contribution in [-0.4, -0.2) is 261 Å². The quantitative estimate of drug-likeness (QED) is 0.00580. The van der Waals surface area contributed by atoms with E-state index < -0.39 is 221 Å². The van der Waals surface area contributed by atoms with Gasteiger partial charge in [0.25, 0.3) is 0 Å². The SMILES string of the molecule is CCCCN(CCSSCCC(=O)N[C@H](Cc1ccccc1)C(=O)N[C@H]1CSSC[C@@H](C(=O)N[C@H](CO)[C@@H](C)O)NC(=O)[C@](C)([C@@H](C)O)NC(=O)[C@H](CCCCN)NC(=O)[C@@H](CC2=CCc3ccccc32)NC(=O)[C@H](Cc2ccccc2)CC1=O)C(=O)OC(C(=O)OC1C[C@@]2(O)[C@@H](OC(=O)c3ccccc3)[C@@H]3[C@]4(OC(C)=O)CO[C@@H]4C[C@H](OC)[C@@]3(C)C(=O)[C@H](C)C(=C1C)C2(C)C)[C@@H](C)c1ccccc1. The molecule has 13 N–H and O–H groups in total. The lowest BCUT2D eigenvalue weighted by Crippen LogP contribution is -2.81. The maximum atomic E-state index is 16.0. The number of methoxy groups -OCH3 is 1. The van der Waals surface area contributed by atoms with Crippen LogP contribution in [0.5, 0.6) is 0 Å². The zero-order valence-corrected chi connectivity index (χ0v) is 84.3. The second-order valence-corrected chi connectivity index (χ2v) is 43.2. The van der Waals surface area contributed by atoms with Gasteiger partial charge in [0.05, 0.1) is 60.5 Å². The highest BCUT2D eigenvalue weighted by Crippen LogP contribution is 2.66. The Labute approximate surface area is 828 Å². The van der Waals surface area contributed by atoms with Crippen LogP contribution >= 0.6 is 43.2 Å². The predicted octanol–water partition coefficient (Wildman–Crippen LogP) is 8.90. The molecule has 2 bridgehead atoms. The molecule has 0 spiro atoms. The number of allylic oxidation sites excluding steroid dienone is 1. The van der Waals surface area contributed by atoms with Crippen LogP contribution in [0.1, 0.15) is 184 Å². The molecule has 36 heteroatoms. The zero-order valence-electron chi connectivity index (χ0n) is 81.0. The van der Waals surface area contributed by atoms with Crippen LogP contribution in [0.3, 0.4) is 0 Å². The molecule has 8 amide bonds. The molecular weight excluding hydrogens is 1860 g/mol. The Bertz CT molecular complexity index is 5220. The van der Waals surface area contributed by atoms with Crippen molar-refractivity contribution in [1.82, 2.24) is 42.1 Å². The monoisotopic (exact) mass is 1990 g/mol. The number of carbonyl (C=O) groups is 13. The predicted molar refractivity (Wildman–Crippen MR) is 531 cm³/mol. The molecule has 5 aromatic rings. The summed E-state index contributed by atoms with van der Waals surface area (Å²) < 4.78 is 38.5. The van der Waals surface area contributed by atoms with Crippen molar-refractivity contribution < 1.29 is 111 Å². The van der Waals surface area contributed by atoms with Crippen LogP contribution in [0.2, 0.25) is 0 Å². The van der Waals surface area contributed by atoms with Gasteiger partial charge in [-0.3, -0.25) is 47.9 Å². The summed E-state index contributed by atoms with van der Waals surface area (Å²) >= 11 is 0. The number of nitrogens with two attached hydrogens (primary N) is 1. The highest BCUT2D eigenvalue weighted by atomic mass is 33.1. The van der Waals surface area contributed by atoms with Gasteiger partial charge >= 0.3 is 24.0 Å². The normalized spacial score (nSPS) is 27.4. The van der Waals surface area contributed by atoms with E-state index >= 15 is 33.6 Å². The lowest BCUT2D eigenvalue weighted by molar-refractivity contribution is -0.346. The third-order valence-corrected chi connectivity index (χ3v) is 33.1. The standard InChI is InChI=1S/C103H135N9O23S4/c1-13-14-46-112(98(128)133-86(60(2)68-35-23-17-24-36-68)96(126)132-81-55-103(129)89(134-95(125)70-38-25-18-26-39-70)87-100(10,88(119)62(4)85(61(81)3)99(103,8)9)82(130-12)54-83-102(87,59-131-83)135-65(7)116)47-49-137-136-48-44-84(118)105-75(51-67-33-21-16-22-34-67)91(121)109-78-57-138-139-58-79(93(123)108-77(56-113)63(5)114)110-97(127)101(11,64(6)115)111-94(124)74(41-29-30-45-104)106-92(122)76(52-71-43-42-69-37-27-28-40-73(69)71)107-90(120)72(53-80(78)117)50-66-31-19-15-20-32-66/h15-28,31-40,43,60,62-64,72,74-79,81-83,86-87,89,113-115,129H,13-14,29-30,41-42,44-59,104H2,1-12H3,(H,105,118)(H,106,122)(H,107,120)(H,108,123)(H,109,121)(H,110,127)(H,111,124)/t60-,62+,63+,64+,72+,74-,75+,76+,77+,78-,79-,81?,82-,83+,86?,87-,89-,100+,101-,102-,103+/m0/s1. The molecule has 2 heterocycles. The summed E-state index contributed by atoms with van der Waals surface area (Å²) in [4.78, 5) is 197. The molecule has 32 nitrogen and oxygen atoms in total. The Hall–Kier alpha value is -9.99. The number of nitrogens with one attached hydrogen (secondary N) is 7. The Balaban J connectivity index is 0.824. The first kappa shape index (κ1) is 109. The average Bonchev–Trinajstić information content (AvgIpc) is 0.750. The minimum atomic E-state index is -2.24. The maximum Gasteiger partial charge on any atom is 0.410 e. The number of unbranched alkanes of at least 4 members (excludes halogenated alkanes) is 2. The topological polar surface area (TPSA) is 472 Å². The summed E-state index contributed by atoms with van der Waals surface area (Å²) in [6.07, 6.45) is -7.04. The number of hydrogen-bond acceptors (Lipinski definition) is 28. The summed E-state index contributed by atoms with van der Waals surface area (Å²) in [5.41, 5.74) is 2.14. The molecule has 11 rings (SSSR count). The van der Waals surface area contributed by atoms with E-state index in [-0.39, 0.29) is 99.1 Å². The fourth-order valence-electron chi connectivity index (χ4n) is 20.0. The minimum absolute atomic E-state index is 0.0217. The molecule has 6 aliphatic rings. The van der Waals surface area contributed by atoms with E-state index in [1.807, 2.05) is 37.3 Å². The molecule has 0 aromatic heterocycles. The first-order valence-corrected chi connectivity index (χ1v) is 52.7. The summed E-state index contributed by atoms with van der Waals surface area (Å²) in [5.74, 6) is -13.8. The van der Waals surface area contributed by atoms with Gasteiger partial charge in [0.2, 0.25) is 47.5 Å².